The van der Waals surface area contributed by atoms with Gasteiger partial charge in [-0.15, -0.1) is 12.4 Å². The van der Waals surface area contributed by atoms with E-state index in [0.717, 1.165) is 12.3 Å². The van der Waals surface area contributed by atoms with Crippen molar-refractivity contribution in [2.45, 2.75) is 6.04 Å². The van der Waals surface area contributed by atoms with Crippen LogP contribution in [0.1, 0.15) is 0 Å². The highest BCUT2D eigenvalue weighted by Gasteiger charge is 2.27. The van der Waals surface area contributed by atoms with Gasteiger partial charge in [0.25, 0.3) is 0 Å². The van der Waals surface area contributed by atoms with Crippen molar-refractivity contribution in [3.8, 4) is 5.75 Å². The monoisotopic (exact) mass is 415 g/mol. The number of amides is 2. The third-order valence-corrected chi connectivity index (χ3v) is 4.47. The molecule has 0 aliphatic carbocycles. The van der Waals surface area contributed by atoms with Crippen LogP contribution >= 0.6 is 35.6 Å². The fourth-order valence-electron chi connectivity index (χ4n) is 2.63. The summed E-state index contributed by atoms with van der Waals surface area (Å²) in [5.74, 6) is 0.730. The zero-order valence-corrected chi connectivity index (χ0v) is 16.3. The molecule has 2 amide bonds. The number of halogens is 3. The van der Waals surface area contributed by atoms with Crippen LogP contribution in [0, 0.1) is 0 Å². The van der Waals surface area contributed by atoms with E-state index < -0.39 is 0 Å². The molecule has 1 aliphatic heterocycles. The van der Waals surface area contributed by atoms with Crippen LogP contribution in [0.4, 0.5) is 10.5 Å². The number of anilines is 1. The molecule has 1 unspecified atom stereocenters. The first-order valence-electron chi connectivity index (χ1n) is 8.04. The highest BCUT2D eigenvalue weighted by atomic mass is 35.5. The van der Waals surface area contributed by atoms with Gasteiger partial charge in [0.15, 0.2) is 0 Å². The molecule has 0 radical (unpaired) electrons. The Morgan fingerprint density at radius 3 is 2.38 bits per heavy atom. The number of piperazine rings is 1. The number of hydrogen-bond acceptors (Lipinski definition) is 3. The average Bonchev–Trinajstić information content (AvgIpc) is 2.63. The predicted octanol–water partition coefficient (Wildman–Crippen LogP) is 4.30. The summed E-state index contributed by atoms with van der Waals surface area (Å²) in [5, 5.41) is 7.49. The molecule has 8 heteroatoms. The maximum absolute atomic E-state index is 12.6. The van der Waals surface area contributed by atoms with Crippen molar-refractivity contribution in [2.75, 3.05) is 31.6 Å². The summed E-state index contributed by atoms with van der Waals surface area (Å²) in [6.45, 7) is 2.46. The minimum Gasteiger partial charge on any atom is -0.491 e. The van der Waals surface area contributed by atoms with Gasteiger partial charge in [0.05, 0.1) is 6.04 Å². The van der Waals surface area contributed by atoms with Gasteiger partial charge in [-0.05, 0) is 48.5 Å². The molecular weight excluding hydrogens is 397 g/mol. The highest BCUT2D eigenvalue weighted by molar-refractivity contribution is 6.30. The van der Waals surface area contributed by atoms with Gasteiger partial charge in [-0.1, -0.05) is 23.2 Å². The van der Waals surface area contributed by atoms with Gasteiger partial charge in [-0.25, -0.2) is 4.79 Å². The second-order valence-corrected chi connectivity index (χ2v) is 6.63. The van der Waals surface area contributed by atoms with Crippen LogP contribution < -0.4 is 15.4 Å². The third-order valence-electron chi connectivity index (χ3n) is 3.96. The number of hydrogen-bond donors (Lipinski definition) is 2. The molecule has 0 spiro atoms. The van der Waals surface area contributed by atoms with E-state index in [0.29, 0.717) is 35.4 Å². The molecule has 1 aliphatic rings. The molecule has 5 nitrogen and oxygen atoms in total. The van der Waals surface area contributed by atoms with E-state index in [1.54, 1.807) is 41.3 Å². The van der Waals surface area contributed by atoms with Gasteiger partial charge in [0, 0.05) is 35.4 Å². The number of nitrogens with zero attached hydrogens (tertiary/aromatic N) is 1. The molecule has 2 aromatic rings. The lowest BCUT2D eigenvalue weighted by molar-refractivity contribution is 0.133. The Balaban J connectivity index is 0.00000243. The number of rotatable bonds is 4. The van der Waals surface area contributed by atoms with Crippen molar-refractivity contribution in [3.63, 3.8) is 0 Å². The normalized spacial score (nSPS) is 16.5. The van der Waals surface area contributed by atoms with E-state index in [9.17, 15) is 4.79 Å². The Morgan fingerprint density at radius 1 is 1.12 bits per heavy atom. The molecule has 2 N–H and O–H groups in total. The quantitative estimate of drug-likeness (QED) is 0.781. The molecule has 26 heavy (non-hydrogen) atoms. The molecule has 2 aromatic carbocycles. The van der Waals surface area contributed by atoms with E-state index >= 15 is 0 Å². The zero-order chi connectivity index (χ0) is 17.6. The van der Waals surface area contributed by atoms with Crippen LogP contribution in [-0.4, -0.2) is 43.2 Å². The smallest absolute Gasteiger partial charge is 0.322 e. The minimum absolute atomic E-state index is 0. The van der Waals surface area contributed by atoms with E-state index in [2.05, 4.69) is 10.6 Å². The molecule has 1 saturated heterocycles. The van der Waals surface area contributed by atoms with Crippen LogP contribution in [0.15, 0.2) is 48.5 Å². The van der Waals surface area contributed by atoms with Crippen molar-refractivity contribution in [1.82, 2.24) is 10.2 Å². The molecule has 0 bridgehead atoms. The van der Waals surface area contributed by atoms with Crippen LogP contribution in [0.2, 0.25) is 10.0 Å². The fraction of sp³-hybridized carbons (Fsp3) is 0.278. The first-order chi connectivity index (χ1) is 12.1. The molecule has 3 rings (SSSR count). The van der Waals surface area contributed by atoms with Crippen molar-refractivity contribution in [2.24, 2.45) is 0 Å². The Kier molecular flexibility index (Phi) is 7.85. The topological polar surface area (TPSA) is 53.6 Å². The SMILES string of the molecule is Cl.O=C(Nc1ccc(Cl)cc1)N1CCNCC1COc1ccc(Cl)cc1. The zero-order valence-electron chi connectivity index (χ0n) is 14.0. The van der Waals surface area contributed by atoms with Gasteiger partial charge < -0.3 is 20.3 Å². The lowest BCUT2D eigenvalue weighted by Gasteiger charge is -2.36. The molecule has 0 saturated carbocycles. The van der Waals surface area contributed by atoms with Crippen molar-refractivity contribution in [3.05, 3.63) is 58.6 Å². The van der Waals surface area contributed by atoms with Crippen molar-refractivity contribution >= 4 is 47.3 Å². The van der Waals surface area contributed by atoms with Crippen LogP contribution in [-0.2, 0) is 0 Å². The molecular formula is C18H20Cl3N3O2. The number of urea groups is 1. The second kappa shape index (κ2) is 9.88. The average molecular weight is 417 g/mol. The van der Waals surface area contributed by atoms with E-state index in [1.807, 2.05) is 12.1 Å². The number of carbonyl (C=O) groups is 1. The van der Waals surface area contributed by atoms with E-state index in [1.165, 1.54) is 0 Å². The summed E-state index contributed by atoms with van der Waals surface area (Å²) in [6, 6.07) is 14.0. The molecule has 1 atom stereocenters. The first kappa shape index (κ1) is 20.6. The summed E-state index contributed by atoms with van der Waals surface area (Å²) < 4.78 is 5.81. The Morgan fingerprint density at radius 2 is 1.73 bits per heavy atom. The first-order valence-corrected chi connectivity index (χ1v) is 8.80. The van der Waals surface area contributed by atoms with Crippen molar-refractivity contribution < 1.29 is 9.53 Å². The van der Waals surface area contributed by atoms with Gasteiger partial charge in [-0.2, -0.15) is 0 Å². The number of nitrogens with one attached hydrogen (secondary N) is 2. The third kappa shape index (κ3) is 5.68. The Labute approximate surface area is 169 Å². The summed E-state index contributed by atoms with van der Waals surface area (Å²) in [4.78, 5) is 14.4. The molecule has 1 fully saturated rings. The van der Waals surface area contributed by atoms with Crippen LogP contribution in [0.3, 0.4) is 0 Å². The standard InChI is InChI=1S/C18H19Cl2N3O2.ClH/c19-13-1-5-15(6-2-13)22-18(24)23-10-9-21-11-16(23)12-25-17-7-3-14(20)4-8-17;/h1-8,16,21H,9-12H2,(H,22,24);1H. The van der Waals surface area contributed by atoms with Gasteiger partial charge in [0.2, 0.25) is 0 Å². The van der Waals surface area contributed by atoms with Gasteiger partial charge in [-0.3, -0.25) is 0 Å². The summed E-state index contributed by atoms with van der Waals surface area (Å²) in [5.41, 5.74) is 0.713. The van der Waals surface area contributed by atoms with E-state index in [-0.39, 0.29) is 24.5 Å². The van der Waals surface area contributed by atoms with Crippen LogP contribution in [0.25, 0.3) is 0 Å². The maximum atomic E-state index is 12.6. The second-order valence-electron chi connectivity index (χ2n) is 5.75. The Bertz CT molecular complexity index is 711. The summed E-state index contributed by atoms with van der Waals surface area (Å²) >= 11 is 11.8. The maximum Gasteiger partial charge on any atom is 0.322 e. The Hall–Kier alpha value is -1.66. The molecule has 0 aromatic heterocycles. The minimum atomic E-state index is -0.145. The lowest BCUT2D eigenvalue weighted by Crippen LogP contribution is -2.57. The van der Waals surface area contributed by atoms with Gasteiger partial charge >= 0.3 is 6.03 Å². The number of ether oxygens (including phenoxy) is 1. The number of carbonyl (C=O) groups excluding carboxylic acids is 1. The predicted molar refractivity (Wildman–Crippen MR) is 108 cm³/mol. The van der Waals surface area contributed by atoms with Crippen LogP contribution in [0.5, 0.6) is 5.75 Å². The molecule has 140 valence electrons. The highest BCUT2D eigenvalue weighted by Crippen LogP contribution is 2.18. The summed E-state index contributed by atoms with van der Waals surface area (Å²) in [7, 11) is 0. The van der Waals surface area contributed by atoms with E-state index in [4.69, 9.17) is 27.9 Å². The van der Waals surface area contributed by atoms with Crippen molar-refractivity contribution in [1.29, 1.82) is 0 Å². The fourth-order valence-corrected chi connectivity index (χ4v) is 2.88. The van der Waals surface area contributed by atoms with Gasteiger partial charge in [0.1, 0.15) is 12.4 Å². The summed E-state index contributed by atoms with van der Waals surface area (Å²) in [6.07, 6.45) is 0. The number of benzene rings is 2. The largest absolute Gasteiger partial charge is 0.491 e. The lowest BCUT2D eigenvalue weighted by atomic mass is 10.2. The molecule has 1 heterocycles.